The Bertz CT molecular complexity index is 488. The summed E-state index contributed by atoms with van der Waals surface area (Å²) in [7, 11) is 0. The van der Waals surface area contributed by atoms with Gasteiger partial charge in [0, 0.05) is 13.0 Å². The zero-order valence-electron chi connectivity index (χ0n) is 12.3. The minimum Gasteiger partial charge on any atom is -0.481 e. The summed E-state index contributed by atoms with van der Waals surface area (Å²) in [6.07, 6.45) is 4.47. The van der Waals surface area contributed by atoms with Crippen LogP contribution in [-0.2, 0) is 4.79 Å². The Morgan fingerprint density at radius 3 is 2.52 bits per heavy atom. The average molecular weight is 295 g/mol. The van der Waals surface area contributed by atoms with Crippen molar-refractivity contribution in [1.29, 1.82) is 0 Å². The van der Waals surface area contributed by atoms with E-state index in [0.717, 1.165) is 31.2 Å². The summed E-state index contributed by atoms with van der Waals surface area (Å²) in [6.45, 7) is 2.32. The number of hydrogen-bond acceptors (Lipinski definition) is 2. The maximum atomic E-state index is 13.5. The number of aliphatic carboxylic acids is 1. The average Bonchev–Trinajstić information content (AvgIpc) is 2.43. The predicted octanol–water partition coefficient (Wildman–Crippen LogP) is 3.29. The van der Waals surface area contributed by atoms with Crippen LogP contribution in [0.3, 0.4) is 0 Å². The van der Waals surface area contributed by atoms with Gasteiger partial charge >= 0.3 is 5.97 Å². The third-order valence-electron chi connectivity index (χ3n) is 3.22. The number of carboxylic acid groups (broad SMARTS) is 1. The van der Waals surface area contributed by atoms with E-state index in [4.69, 9.17) is 5.11 Å². The number of hydrogen-bond donors (Lipinski definition) is 2. The van der Waals surface area contributed by atoms with Crippen LogP contribution in [0.4, 0.5) is 4.39 Å². The minimum atomic E-state index is -0.762. The summed E-state index contributed by atoms with van der Waals surface area (Å²) in [5.74, 6) is -1.66. The second-order valence-electron chi connectivity index (χ2n) is 5.15. The molecule has 1 aromatic rings. The van der Waals surface area contributed by atoms with Crippen LogP contribution in [0.5, 0.6) is 0 Å². The fourth-order valence-corrected chi connectivity index (χ4v) is 2.04. The van der Waals surface area contributed by atoms with Gasteiger partial charge in [-0.1, -0.05) is 30.9 Å². The monoisotopic (exact) mass is 295 g/mol. The molecule has 0 bridgehead atoms. The molecule has 0 fully saturated rings. The van der Waals surface area contributed by atoms with E-state index >= 15 is 0 Å². The number of halogens is 1. The first kappa shape index (κ1) is 17.1. The van der Waals surface area contributed by atoms with E-state index in [2.05, 4.69) is 5.32 Å². The zero-order chi connectivity index (χ0) is 15.7. The summed E-state index contributed by atoms with van der Waals surface area (Å²) in [5.41, 5.74) is 0.927. The maximum Gasteiger partial charge on any atom is 0.303 e. The molecular weight excluding hydrogens is 273 g/mol. The lowest BCUT2D eigenvalue weighted by Gasteiger charge is -2.07. The van der Waals surface area contributed by atoms with Crippen LogP contribution < -0.4 is 5.32 Å². The molecule has 21 heavy (non-hydrogen) atoms. The van der Waals surface area contributed by atoms with Crippen molar-refractivity contribution < 1.29 is 19.1 Å². The van der Waals surface area contributed by atoms with Gasteiger partial charge in [-0.05, 0) is 31.9 Å². The van der Waals surface area contributed by atoms with E-state index in [1.807, 2.05) is 6.92 Å². The fourth-order valence-electron chi connectivity index (χ4n) is 2.04. The molecule has 0 spiro atoms. The van der Waals surface area contributed by atoms with Crippen molar-refractivity contribution in [3.8, 4) is 0 Å². The molecule has 0 saturated heterocycles. The van der Waals surface area contributed by atoms with Gasteiger partial charge in [0.1, 0.15) is 5.82 Å². The Balaban J connectivity index is 2.16. The van der Waals surface area contributed by atoms with E-state index < -0.39 is 11.8 Å². The van der Waals surface area contributed by atoms with Crippen LogP contribution in [0.15, 0.2) is 18.2 Å². The Morgan fingerprint density at radius 2 is 1.81 bits per heavy atom. The standard InChI is InChI=1S/C16H22FNO3/c1-12-8-9-14(17)13(11-12)16(21)18-10-6-4-2-3-5-7-15(19)20/h8-9,11H,2-7,10H2,1H3,(H,18,21)(H,19,20). The van der Waals surface area contributed by atoms with E-state index in [-0.39, 0.29) is 17.9 Å². The maximum absolute atomic E-state index is 13.5. The molecule has 1 rings (SSSR count). The molecule has 0 saturated carbocycles. The molecule has 0 aromatic heterocycles. The van der Waals surface area contributed by atoms with Gasteiger partial charge in [-0.25, -0.2) is 4.39 Å². The van der Waals surface area contributed by atoms with Gasteiger partial charge in [0.15, 0.2) is 0 Å². The second-order valence-corrected chi connectivity index (χ2v) is 5.15. The van der Waals surface area contributed by atoms with Gasteiger partial charge in [0.05, 0.1) is 5.56 Å². The summed E-state index contributed by atoms with van der Waals surface area (Å²) in [4.78, 5) is 22.1. The summed E-state index contributed by atoms with van der Waals surface area (Å²) >= 11 is 0. The number of amides is 1. The Morgan fingerprint density at radius 1 is 1.14 bits per heavy atom. The molecule has 0 aliphatic heterocycles. The number of nitrogens with one attached hydrogen (secondary N) is 1. The third kappa shape index (κ3) is 6.88. The van der Waals surface area contributed by atoms with Crippen LogP contribution in [0.25, 0.3) is 0 Å². The summed E-state index contributed by atoms with van der Waals surface area (Å²) in [5, 5.41) is 11.2. The number of aryl methyl sites for hydroxylation is 1. The van der Waals surface area contributed by atoms with Crippen molar-refractivity contribution in [3.05, 3.63) is 35.1 Å². The van der Waals surface area contributed by atoms with Crippen LogP contribution in [-0.4, -0.2) is 23.5 Å². The van der Waals surface area contributed by atoms with Gasteiger partial charge in [0.25, 0.3) is 5.91 Å². The molecule has 0 radical (unpaired) electrons. The number of unbranched alkanes of at least 4 members (excludes halogenated alkanes) is 4. The smallest absolute Gasteiger partial charge is 0.303 e. The molecule has 0 unspecified atom stereocenters. The van der Waals surface area contributed by atoms with Gasteiger partial charge in [0.2, 0.25) is 0 Å². The first-order chi connectivity index (χ1) is 10.0. The number of carbonyl (C=O) groups excluding carboxylic acids is 1. The van der Waals surface area contributed by atoms with Crippen molar-refractivity contribution in [3.63, 3.8) is 0 Å². The predicted molar refractivity (Wildman–Crippen MR) is 78.8 cm³/mol. The molecule has 1 amide bonds. The minimum absolute atomic E-state index is 0.0801. The summed E-state index contributed by atoms with van der Waals surface area (Å²) < 4.78 is 13.5. The van der Waals surface area contributed by atoms with Crippen molar-refractivity contribution in [1.82, 2.24) is 5.32 Å². The molecule has 116 valence electrons. The summed E-state index contributed by atoms with van der Waals surface area (Å²) in [6, 6.07) is 4.46. The molecule has 1 aromatic carbocycles. The van der Waals surface area contributed by atoms with Crippen LogP contribution in [0.2, 0.25) is 0 Å². The Hall–Kier alpha value is -1.91. The third-order valence-corrected chi connectivity index (χ3v) is 3.22. The lowest BCUT2D eigenvalue weighted by Crippen LogP contribution is -2.25. The Kier molecular flexibility index (Phi) is 7.43. The number of rotatable bonds is 9. The SMILES string of the molecule is Cc1ccc(F)c(C(=O)NCCCCCCCC(=O)O)c1. The number of carboxylic acids is 1. The van der Waals surface area contributed by atoms with Gasteiger partial charge in [-0.3, -0.25) is 9.59 Å². The molecule has 0 atom stereocenters. The number of benzene rings is 1. The molecular formula is C16H22FNO3. The lowest BCUT2D eigenvalue weighted by molar-refractivity contribution is -0.137. The zero-order valence-corrected chi connectivity index (χ0v) is 12.3. The lowest BCUT2D eigenvalue weighted by atomic mass is 10.1. The number of carbonyl (C=O) groups is 2. The highest BCUT2D eigenvalue weighted by atomic mass is 19.1. The normalized spacial score (nSPS) is 10.4. The molecule has 5 heteroatoms. The molecule has 2 N–H and O–H groups in total. The first-order valence-corrected chi connectivity index (χ1v) is 7.27. The topological polar surface area (TPSA) is 66.4 Å². The van der Waals surface area contributed by atoms with Crippen molar-refractivity contribution in [2.24, 2.45) is 0 Å². The van der Waals surface area contributed by atoms with Gasteiger partial charge in [-0.2, -0.15) is 0 Å². The fraction of sp³-hybridized carbons (Fsp3) is 0.500. The van der Waals surface area contributed by atoms with Gasteiger partial charge in [-0.15, -0.1) is 0 Å². The first-order valence-electron chi connectivity index (χ1n) is 7.27. The van der Waals surface area contributed by atoms with Crippen LogP contribution in [0, 0.1) is 12.7 Å². The van der Waals surface area contributed by atoms with Crippen LogP contribution >= 0.6 is 0 Å². The van der Waals surface area contributed by atoms with Crippen LogP contribution in [0.1, 0.15) is 54.4 Å². The molecule has 4 nitrogen and oxygen atoms in total. The molecule has 0 aliphatic rings. The molecule has 0 heterocycles. The molecule has 0 aliphatic carbocycles. The largest absolute Gasteiger partial charge is 0.481 e. The highest BCUT2D eigenvalue weighted by Gasteiger charge is 2.10. The van der Waals surface area contributed by atoms with Crippen molar-refractivity contribution in [2.75, 3.05) is 6.54 Å². The second kappa shape index (κ2) is 9.10. The van der Waals surface area contributed by atoms with E-state index in [1.54, 1.807) is 6.07 Å². The van der Waals surface area contributed by atoms with E-state index in [1.165, 1.54) is 12.1 Å². The van der Waals surface area contributed by atoms with E-state index in [9.17, 15) is 14.0 Å². The highest BCUT2D eigenvalue weighted by molar-refractivity contribution is 5.94. The van der Waals surface area contributed by atoms with E-state index in [0.29, 0.717) is 13.0 Å². The van der Waals surface area contributed by atoms with Gasteiger partial charge < -0.3 is 10.4 Å². The highest BCUT2D eigenvalue weighted by Crippen LogP contribution is 2.10. The van der Waals surface area contributed by atoms with Crippen molar-refractivity contribution in [2.45, 2.75) is 45.4 Å². The van der Waals surface area contributed by atoms with Crippen molar-refractivity contribution >= 4 is 11.9 Å². The quantitative estimate of drug-likeness (QED) is 0.687. The Labute approximate surface area is 124 Å².